The molecule has 9 heteroatoms. The Morgan fingerprint density at radius 1 is 1.00 bits per heavy atom. The van der Waals surface area contributed by atoms with E-state index < -0.39 is 0 Å². The molecular weight excluding hydrogens is 404 g/mol. The molecule has 0 aliphatic carbocycles. The summed E-state index contributed by atoms with van der Waals surface area (Å²) in [5.74, 6) is 2.07. The molecule has 2 aromatic carbocycles. The van der Waals surface area contributed by atoms with Crippen LogP contribution in [0, 0.1) is 0 Å². The predicted molar refractivity (Wildman–Crippen MR) is 109 cm³/mol. The second-order valence-corrected chi connectivity index (χ2v) is 7.98. The first-order valence-electron chi connectivity index (χ1n) is 9.49. The van der Waals surface area contributed by atoms with Crippen molar-refractivity contribution in [3.8, 4) is 11.5 Å². The molecule has 2 amide bonds. The van der Waals surface area contributed by atoms with Crippen molar-refractivity contribution in [1.82, 2.24) is 19.7 Å². The number of fused-ring (bicyclic) bond motifs is 2. The molecule has 5 rings (SSSR count). The second-order valence-electron chi connectivity index (χ2n) is 6.92. The number of ether oxygens (including phenoxy) is 2. The van der Waals surface area contributed by atoms with Crippen LogP contribution in [0.3, 0.4) is 0 Å². The number of aromatic nitrogens is 3. The summed E-state index contributed by atoms with van der Waals surface area (Å²) in [6, 6.07) is 14.4. The molecule has 1 aromatic heterocycles. The monoisotopic (exact) mass is 422 g/mol. The molecule has 0 N–H and O–H groups in total. The third-order valence-corrected chi connectivity index (χ3v) is 6.09. The van der Waals surface area contributed by atoms with Crippen LogP contribution in [0.5, 0.6) is 11.5 Å². The van der Waals surface area contributed by atoms with Gasteiger partial charge in [-0.05, 0) is 24.3 Å². The zero-order chi connectivity index (χ0) is 20.7. The third-order valence-electron chi connectivity index (χ3n) is 5.09. The standard InChI is InChI=1S/C21H18N4O4S/c1-24-18(17-12-28-15-8-4-5-9-16(15)29-17)22-23-21(24)30-11-10-25-19(26)13-6-2-3-7-14(13)20(25)27/h2-9,17H,10-12H2,1H3/t17-/m1/s1. The molecule has 1 atom stereocenters. The maximum atomic E-state index is 12.5. The van der Waals surface area contributed by atoms with Gasteiger partial charge in [-0.25, -0.2) is 0 Å². The minimum absolute atomic E-state index is 0.249. The number of carbonyl (C=O) groups excluding carboxylic acids is 2. The lowest BCUT2D eigenvalue weighted by atomic mass is 10.1. The summed E-state index contributed by atoms with van der Waals surface area (Å²) in [6.07, 6.45) is -0.358. The Morgan fingerprint density at radius 3 is 2.40 bits per heavy atom. The highest BCUT2D eigenvalue weighted by Crippen LogP contribution is 2.35. The first-order chi connectivity index (χ1) is 14.6. The van der Waals surface area contributed by atoms with Gasteiger partial charge in [-0.15, -0.1) is 10.2 Å². The number of nitrogens with zero attached hydrogens (tertiary/aromatic N) is 4. The van der Waals surface area contributed by atoms with Crippen molar-refractivity contribution < 1.29 is 19.1 Å². The summed E-state index contributed by atoms with van der Waals surface area (Å²) in [4.78, 5) is 26.2. The van der Waals surface area contributed by atoms with Crippen LogP contribution < -0.4 is 9.47 Å². The largest absolute Gasteiger partial charge is 0.485 e. The Bertz CT molecular complexity index is 1110. The lowest BCUT2D eigenvalue weighted by molar-refractivity contribution is 0.0664. The minimum atomic E-state index is -0.358. The van der Waals surface area contributed by atoms with E-state index in [1.807, 2.05) is 35.9 Å². The second kappa shape index (κ2) is 7.49. The zero-order valence-electron chi connectivity index (χ0n) is 16.1. The van der Waals surface area contributed by atoms with Crippen LogP contribution >= 0.6 is 11.8 Å². The Morgan fingerprint density at radius 2 is 1.67 bits per heavy atom. The van der Waals surface area contributed by atoms with Crippen molar-refractivity contribution in [2.45, 2.75) is 11.3 Å². The van der Waals surface area contributed by atoms with E-state index in [1.165, 1.54) is 16.7 Å². The van der Waals surface area contributed by atoms with Gasteiger partial charge in [0.15, 0.2) is 28.6 Å². The van der Waals surface area contributed by atoms with E-state index in [2.05, 4.69) is 10.2 Å². The van der Waals surface area contributed by atoms with Crippen LogP contribution in [-0.2, 0) is 7.05 Å². The number of hydrogen-bond acceptors (Lipinski definition) is 7. The highest BCUT2D eigenvalue weighted by atomic mass is 32.2. The summed E-state index contributed by atoms with van der Waals surface area (Å²) in [5, 5.41) is 9.19. The fraction of sp³-hybridized carbons (Fsp3) is 0.238. The highest BCUT2D eigenvalue weighted by molar-refractivity contribution is 7.99. The summed E-state index contributed by atoms with van der Waals surface area (Å²) in [5.41, 5.74) is 0.923. The van der Waals surface area contributed by atoms with Gasteiger partial charge in [-0.2, -0.15) is 0 Å². The number of amides is 2. The molecule has 0 bridgehead atoms. The third kappa shape index (κ3) is 3.11. The quantitative estimate of drug-likeness (QED) is 0.462. The van der Waals surface area contributed by atoms with Gasteiger partial charge < -0.3 is 14.0 Å². The number of benzene rings is 2. The molecule has 0 spiro atoms. The van der Waals surface area contributed by atoms with E-state index in [1.54, 1.807) is 24.3 Å². The molecule has 30 heavy (non-hydrogen) atoms. The van der Waals surface area contributed by atoms with Gasteiger partial charge in [0.2, 0.25) is 0 Å². The van der Waals surface area contributed by atoms with E-state index in [0.717, 1.165) is 0 Å². The van der Waals surface area contributed by atoms with Crippen LogP contribution in [0.1, 0.15) is 32.6 Å². The Labute approximate surface area is 176 Å². The maximum absolute atomic E-state index is 12.5. The number of thioether (sulfide) groups is 1. The molecule has 0 saturated heterocycles. The van der Waals surface area contributed by atoms with Crippen molar-refractivity contribution in [3.05, 3.63) is 65.5 Å². The molecule has 3 heterocycles. The van der Waals surface area contributed by atoms with Crippen molar-refractivity contribution in [2.24, 2.45) is 7.05 Å². The molecule has 0 fully saturated rings. The molecule has 152 valence electrons. The molecule has 2 aliphatic heterocycles. The molecule has 2 aliphatic rings. The first kappa shape index (κ1) is 18.7. The number of para-hydroxylation sites is 2. The molecule has 0 radical (unpaired) electrons. The number of hydrogen-bond donors (Lipinski definition) is 0. The zero-order valence-corrected chi connectivity index (χ0v) is 17.0. The van der Waals surface area contributed by atoms with Gasteiger partial charge in [0.25, 0.3) is 11.8 Å². The fourth-order valence-corrected chi connectivity index (χ4v) is 4.39. The first-order valence-corrected chi connectivity index (χ1v) is 10.5. The number of imide groups is 1. The van der Waals surface area contributed by atoms with E-state index in [-0.39, 0.29) is 17.9 Å². The maximum Gasteiger partial charge on any atom is 0.261 e. The van der Waals surface area contributed by atoms with Gasteiger partial charge in [-0.1, -0.05) is 36.0 Å². The predicted octanol–water partition coefficient (Wildman–Crippen LogP) is 2.72. The highest BCUT2D eigenvalue weighted by Gasteiger charge is 2.34. The molecule has 0 saturated carbocycles. The minimum Gasteiger partial charge on any atom is -0.485 e. The number of carbonyl (C=O) groups is 2. The summed E-state index contributed by atoms with van der Waals surface area (Å²) in [6.45, 7) is 0.651. The van der Waals surface area contributed by atoms with Crippen molar-refractivity contribution in [2.75, 3.05) is 18.9 Å². The fourth-order valence-electron chi connectivity index (χ4n) is 3.55. The van der Waals surface area contributed by atoms with E-state index in [4.69, 9.17) is 9.47 Å². The van der Waals surface area contributed by atoms with Gasteiger partial charge in [0, 0.05) is 19.3 Å². The van der Waals surface area contributed by atoms with Gasteiger partial charge in [0.05, 0.1) is 11.1 Å². The van der Waals surface area contributed by atoms with Crippen molar-refractivity contribution in [3.63, 3.8) is 0 Å². The topological polar surface area (TPSA) is 86.6 Å². The van der Waals surface area contributed by atoms with E-state index >= 15 is 0 Å². The van der Waals surface area contributed by atoms with Gasteiger partial charge in [-0.3, -0.25) is 14.5 Å². The van der Waals surface area contributed by atoms with Crippen LogP contribution in [-0.4, -0.2) is 50.4 Å². The summed E-state index contributed by atoms with van der Waals surface area (Å²) < 4.78 is 13.6. The van der Waals surface area contributed by atoms with Crippen LogP contribution in [0.15, 0.2) is 53.7 Å². The van der Waals surface area contributed by atoms with Gasteiger partial charge >= 0.3 is 0 Å². The molecule has 0 unspecified atom stereocenters. The van der Waals surface area contributed by atoms with Crippen LogP contribution in [0.2, 0.25) is 0 Å². The smallest absolute Gasteiger partial charge is 0.261 e. The summed E-state index contributed by atoms with van der Waals surface area (Å²) >= 11 is 1.43. The molecular formula is C21H18N4O4S. The Balaban J connectivity index is 1.23. The normalized spacial score (nSPS) is 17.4. The van der Waals surface area contributed by atoms with E-state index in [9.17, 15) is 9.59 Å². The number of rotatable bonds is 5. The van der Waals surface area contributed by atoms with Crippen molar-refractivity contribution >= 4 is 23.6 Å². The molecule has 3 aromatic rings. The van der Waals surface area contributed by atoms with Crippen LogP contribution in [0.4, 0.5) is 0 Å². The van der Waals surface area contributed by atoms with E-state index in [0.29, 0.717) is 52.5 Å². The van der Waals surface area contributed by atoms with Crippen molar-refractivity contribution in [1.29, 1.82) is 0 Å². The van der Waals surface area contributed by atoms with Crippen LogP contribution in [0.25, 0.3) is 0 Å². The SMILES string of the molecule is Cn1c(SCCN2C(=O)c3ccccc3C2=O)nnc1[C@H]1COc2ccccc2O1. The summed E-state index contributed by atoms with van der Waals surface area (Å²) in [7, 11) is 1.86. The average molecular weight is 422 g/mol. The lowest BCUT2D eigenvalue weighted by Gasteiger charge is -2.25. The average Bonchev–Trinajstić information content (AvgIpc) is 3.26. The lowest BCUT2D eigenvalue weighted by Crippen LogP contribution is -2.31. The Kier molecular flexibility index (Phi) is 4.66. The molecule has 8 nitrogen and oxygen atoms in total. The Hall–Kier alpha value is -3.33. The van der Waals surface area contributed by atoms with Gasteiger partial charge in [0.1, 0.15) is 6.61 Å².